The minimum atomic E-state index is -2.91. The van der Waals surface area contributed by atoms with Gasteiger partial charge in [0.05, 0.1) is 11.9 Å². The van der Waals surface area contributed by atoms with Crippen molar-refractivity contribution in [2.75, 3.05) is 24.7 Å². The van der Waals surface area contributed by atoms with Gasteiger partial charge in [0.15, 0.2) is 0 Å². The Morgan fingerprint density at radius 3 is 2.61 bits per heavy atom. The average Bonchev–Trinajstić information content (AvgIpc) is 3.08. The molecule has 106 valence electrons. The molecule has 4 nitrogen and oxygen atoms in total. The van der Waals surface area contributed by atoms with Gasteiger partial charge in [-0.25, -0.2) is 8.42 Å². The molecule has 18 heavy (non-hydrogen) atoms. The second-order valence-corrected chi connectivity index (χ2v) is 8.15. The summed E-state index contributed by atoms with van der Waals surface area (Å²) in [6.07, 6.45) is 4.93. The van der Waals surface area contributed by atoms with E-state index in [-0.39, 0.29) is 17.3 Å². The zero-order chi connectivity index (χ0) is 13.2. The van der Waals surface area contributed by atoms with Gasteiger partial charge in [-0.05, 0) is 38.0 Å². The summed E-state index contributed by atoms with van der Waals surface area (Å²) in [6, 6.07) is 0. The third-order valence-electron chi connectivity index (χ3n) is 4.38. The molecular weight excluding hydrogens is 250 g/mol. The SMILES string of the molecule is CCCS(=O)(=O)CCC1(CN)CCOC1C1CC1. The van der Waals surface area contributed by atoms with E-state index in [4.69, 9.17) is 10.5 Å². The Bertz CT molecular complexity index is 378. The number of hydrogen-bond acceptors (Lipinski definition) is 4. The fourth-order valence-corrected chi connectivity index (χ4v) is 4.65. The Morgan fingerprint density at radius 1 is 1.33 bits per heavy atom. The molecule has 0 radical (unpaired) electrons. The maximum absolute atomic E-state index is 11.9. The van der Waals surface area contributed by atoms with Gasteiger partial charge in [0.1, 0.15) is 9.84 Å². The molecule has 2 atom stereocenters. The van der Waals surface area contributed by atoms with Crippen molar-refractivity contribution in [3.05, 3.63) is 0 Å². The van der Waals surface area contributed by atoms with Crippen LogP contribution in [0.15, 0.2) is 0 Å². The highest BCUT2D eigenvalue weighted by Crippen LogP contribution is 2.49. The first-order valence-corrected chi connectivity index (χ1v) is 8.87. The number of hydrogen-bond donors (Lipinski definition) is 1. The molecule has 2 rings (SSSR count). The molecule has 0 amide bonds. The zero-order valence-corrected chi connectivity index (χ0v) is 12.0. The zero-order valence-electron chi connectivity index (χ0n) is 11.2. The van der Waals surface area contributed by atoms with Gasteiger partial charge in [0.2, 0.25) is 0 Å². The maximum Gasteiger partial charge on any atom is 0.150 e. The highest BCUT2D eigenvalue weighted by Gasteiger charge is 2.50. The summed E-state index contributed by atoms with van der Waals surface area (Å²) in [5.41, 5.74) is 5.87. The first kappa shape index (κ1) is 14.3. The fourth-order valence-electron chi connectivity index (χ4n) is 3.10. The Labute approximate surface area is 110 Å². The highest BCUT2D eigenvalue weighted by atomic mass is 32.2. The van der Waals surface area contributed by atoms with Crippen LogP contribution in [0.1, 0.15) is 39.0 Å². The van der Waals surface area contributed by atoms with Crippen LogP contribution in [0.3, 0.4) is 0 Å². The van der Waals surface area contributed by atoms with E-state index in [1.807, 2.05) is 6.92 Å². The number of sulfone groups is 1. The molecular formula is C13H25NO3S. The molecule has 2 N–H and O–H groups in total. The van der Waals surface area contributed by atoms with Gasteiger partial charge in [0, 0.05) is 24.3 Å². The third kappa shape index (κ3) is 3.06. The lowest BCUT2D eigenvalue weighted by Crippen LogP contribution is -2.41. The predicted molar refractivity (Wildman–Crippen MR) is 72.1 cm³/mol. The molecule has 0 aromatic carbocycles. The molecule has 1 saturated carbocycles. The van der Waals surface area contributed by atoms with Crippen molar-refractivity contribution in [1.82, 2.24) is 0 Å². The van der Waals surface area contributed by atoms with Crippen molar-refractivity contribution in [2.45, 2.75) is 45.1 Å². The molecule has 0 aromatic heterocycles. The Morgan fingerprint density at radius 2 is 2.06 bits per heavy atom. The molecule has 2 unspecified atom stereocenters. The van der Waals surface area contributed by atoms with Crippen LogP contribution < -0.4 is 5.73 Å². The van der Waals surface area contributed by atoms with Crippen molar-refractivity contribution in [3.8, 4) is 0 Å². The normalized spacial score (nSPS) is 32.9. The molecule has 1 aliphatic carbocycles. The molecule has 0 bridgehead atoms. The molecule has 2 fully saturated rings. The smallest absolute Gasteiger partial charge is 0.150 e. The van der Waals surface area contributed by atoms with E-state index in [2.05, 4.69) is 0 Å². The molecule has 0 aromatic rings. The van der Waals surface area contributed by atoms with Gasteiger partial charge in [-0.3, -0.25) is 0 Å². The van der Waals surface area contributed by atoms with Gasteiger partial charge in [-0.2, -0.15) is 0 Å². The van der Waals surface area contributed by atoms with Crippen molar-refractivity contribution in [1.29, 1.82) is 0 Å². The van der Waals surface area contributed by atoms with Gasteiger partial charge < -0.3 is 10.5 Å². The van der Waals surface area contributed by atoms with E-state index in [0.29, 0.717) is 31.1 Å². The summed E-state index contributed by atoms with van der Waals surface area (Å²) in [5, 5.41) is 0. The minimum absolute atomic E-state index is 0.0814. The van der Waals surface area contributed by atoms with Crippen LogP contribution in [0, 0.1) is 11.3 Å². The van der Waals surface area contributed by atoms with Crippen LogP contribution >= 0.6 is 0 Å². The van der Waals surface area contributed by atoms with E-state index >= 15 is 0 Å². The molecule has 1 saturated heterocycles. The first-order valence-electron chi connectivity index (χ1n) is 7.05. The second-order valence-electron chi connectivity index (χ2n) is 5.85. The molecule has 1 aliphatic heterocycles. The van der Waals surface area contributed by atoms with E-state index in [0.717, 1.165) is 13.0 Å². The Hall–Kier alpha value is -0.130. The first-order chi connectivity index (χ1) is 8.53. The van der Waals surface area contributed by atoms with E-state index in [9.17, 15) is 8.42 Å². The van der Waals surface area contributed by atoms with Crippen molar-refractivity contribution < 1.29 is 13.2 Å². The summed E-state index contributed by atoms with van der Waals surface area (Å²) < 4.78 is 29.5. The number of rotatable bonds is 7. The van der Waals surface area contributed by atoms with Gasteiger partial charge in [-0.15, -0.1) is 0 Å². The standard InChI is InChI=1S/C13H25NO3S/c1-2-8-18(15,16)9-6-13(10-14)5-7-17-12(13)11-3-4-11/h11-12H,2-10,14H2,1H3. The summed E-state index contributed by atoms with van der Waals surface area (Å²) in [6.45, 7) is 3.20. The number of ether oxygens (including phenoxy) is 1. The van der Waals surface area contributed by atoms with Crippen LogP contribution in [0.25, 0.3) is 0 Å². The van der Waals surface area contributed by atoms with Crippen LogP contribution in [0.4, 0.5) is 0 Å². The van der Waals surface area contributed by atoms with Crippen LogP contribution in [0.2, 0.25) is 0 Å². The van der Waals surface area contributed by atoms with Gasteiger partial charge in [-0.1, -0.05) is 6.92 Å². The third-order valence-corrected chi connectivity index (χ3v) is 6.24. The minimum Gasteiger partial charge on any atom is -0.377 e. The van der Waals surface area contributed by atoms with Gasteiger partial charge in [0.25, 0.3) is 0 Å². The van der Waals surface area contributed by atoms with Crippen LogP contribution in [-0.4, -0.2) is 39.2 Å². The summed E-state index contributed by atoms with van der Waals surface area (Å²) >= 11 is 0. The lowest BCUT2D eigenvalue weighted by molar-refractivity contribution is 0.0330. The molecule has 5 heteroatoms. The number of nitrogens with two attached hydrogens (primary N) is 1. The topological polar surface area (TPSA) is 69.4 Å². The highest BCUT2D eigenvalue weighted by molar-refractivity contribution is 7.91. The van der Waals surface area contributed by atoms with Crippen LogP contribution in [-0.2, 0) is 14.6 Å². The van der Waals surface area contributed by atoms with Crippen molar-refractivity contribution in [2.24, 2.45) is 17.1 Å². The fraction of sp³-hybridized carbons (Fsp3) is 1.00. The summed E-state index contributed by atoms with van der Waals surface area (Å²) in [7, 11) is -2.91. The predicted octanol–water partition coefficient (Wildman–Crippen LogP) is 1.35. The summed E-state index contributed by atoms with van der Waals surface area (Å²) in [5.74, 6) is 1.19. The lowest BCUT2D eigenvalue weighted by Gasteiger charge is -2.33. The average molecular weight is 275 g/mol. The molecule has 1 heterocycles. The van der Waals surface area contributed by atoms with E-state index in [1.54, 1.807) is 0 Å². The van der Waals surface area contributed by atoms with E-state index in [1.165, 1.54) is 12.8 Å². The molecule has 0 spiro atoms. The van der Waals surface area contributed by atoms with E-state index < -0.39 is 9.84 Å². The van der Waals surface area contributed by atoms with Crippen LogP contribution in [0.5, 0.6) is 0 Å². The summed E-state index contributed by atoms with van der Waals surface area (Å²) in [4.78, 5) is 0. The monoisotopic (exact) mass is 275 g/mol. The largest absolute Gasteiger partial charge is 0.377 e. The Kier molecular flexibility index (Phi) is 4.34. The quantitative estimate of drug-likeness (QED) is 0.761. The van der Waals surface area contributed by atoms with Crippen molar-refractivity contribution in [3.63, 3.8) is 0 Å². The second kappa shape index (κ2) is 5.47. The van der Waals surface area contributed by atoms with Gasteiger partial charge >= 0.3 is 0 Å². The molecule has 2 aliphatic rings. The van der Waals surface area contributed by atoms with Crippen molar-refractivity contribution >= 4 is 9.84 Å². The lowest BCUT2D eigenvalue weighted by atomic mass is 9.76. The Balaban J connectivity index is 1.99. The maximum atomic E-state index is 11.9.